The Kier molecular flexibility index (Phi) is 3.25. The fourth-order valence-electron chi connectivity index (χ4n) is 2.39. The topological polar surface area (TPSA) is 91.5 Å². The van der Waals surface area contributed by atoms with E-state index in [1.807, 2.05) is 0 Å². The maximum absolute atomic E-state index is 12.9. The molecule has 0 aliphatic heterocycles. The van der Waals surface area contributed by atoms with Crippen LogP contribution < -0.4 is 11.2 Å². The molecule has 0 bridgehead atoms. The summed E-state index contributed by atoms with van der Waals surface area (Å²) in [5, 5.41) is 7.80. The van der Waals surface area contributed by atoms with Crippen LogP contribution in [0.1, 0.15) is 24.8 Å². The minimum Gasteiger partial charge on any atom is -0.313 e. The number of rotatable bonds is 3. The highest BCUT2D eigenvalue weighted by Crippen LogP contribution is 2.48. The van der Waals surface area contributed by atoms with Crippen molar-refractivity contribution in [2.45, 2.75) is 19.3 Å². The van der Waals surface area contributed by atoms with Crippen molar-refractivity contribution >= 4 is 0 Å². The number of halogens is 1. The average Bonchev–Trinajstić information content (AvgIpc) is 3.17. The molecule has 6 nitrogen and oxygen atoms in total. The van der Waals surface area contributed by atoms with Gasteiger partial charge in [0.05, 0.1) is 17.6 Å². The lowest BCUT2D eigenvalue weighted by molar-refractivity contribution is 0.630. The van der Waals surface area contributed by atoms with Gasteiger partial charge in [-0.2, -0.15) is 10.2 Å². The standard InChI is InChI=1S/C14H13FN4O2/c1-7(15)2-8-3-10(8)9-4-12(19-17-5-9)11-6-16-14(21)18-13(11)20/h2,4-6,8,10H,3H2,1H3,(H2,16,18,20,21)/b7-2-/t8-,10-/m0/s1. The first-order valence-corrected chi connectivity index (χ1v) is 6.53. The summed E-state index contributed by atoms with van der Waals surface area (Å²) >= 11 is 0. The molecule has 2 aromatic rings. The summed E-state index contributed by atoms with van der Waals surface area (Å²) in [6, 6.07) is 1.75. The predicted octanol–water partition coefficient (Wildman–Crippen LogP) is 1.50. The molecule has 2 aromatic heterocycles. The molecule has 0 unspecified atom stereocenters. The van der Waals surface area contributed by atoms with E-state index in [4.69, 9.17) is 0 Å². The van der Waals surface area contributed by atoms with E-state index < -0.39 is 11.2 Å². The summed E-state index contributed by atoms with van der Waals surface area (Å²) in [7, 11) is 0. The highest BCUT2D eigenvalue weighted by Gasteiger charge is 2.37. The molecule has 2 N–H and O–H groups in total. The lowest BCUT2D eigenvalue weighted by atomic mass is 10.1. The molecular formula is C14H13FN4O2. The van der Waals surface area contributed by atoms with Crippen molar-refractivity contribution in [3.8, 4) is 11.3 Å². The Morgan fingerprint density at radius 3 is 3.00 bits per heavy atom. The van der Waals surface area contributed by atoms with Crippen LogP contribution in [0.2, 0.25) is 0 Å². The lowest BCUT2D eigenvalue weighted by Crippen LogP contribution is -2.22. The van der Waals surface area contributed by atoms with Gasteiger partial charge in [-0.25, -0.2) is 9.18 Å². The Hall–Kier alpha value is -2.57. The monoisotopic (exact) mass is 288 g/mol. The van der Waals surface area contributed by atoms with E-state index in [1.54, 1.807) is 18.3 Å². The Morgan fingerprint density at radius 1 is 1.48 bits per heavy atom. The van der Waals surface area contributed by atoms with Crippen LogP contribution in [0.3, 0.4) is 0 Å². The number of hydrogen-bond donors (Lipinski definition) is 2. The second-order valence-corrected chi connectivity index (χ2v) is 5.12. The average molecular weight is 288 g/mol. The Balaban J connectivity index is 1.93. The van der Waals surface area contributed by atoms with Gasteiger partial charge in [0.25, 0.3) is 5.56 Å². The van der Waals surface area contributed by atoms with Crippen LogP contribution in [0.5, 0.6) is 0 Å². The van der Waals surface area contributed by atoms with Gasteiger partial charge < -0.3 is 4.98 Å². The Bertz CT molecular complexity index is 820. The van der Waals surface area contributed by atoms with E-state index in [1.165, 1.54) is 13.1 Å². The van der Waals surface area contributed by atoms with Crippen molar-refractivity contribution in [2.24, 2.45) is 5.92 Å². The van der Waals surface area contributed by atoms with Gasteiger partial charge in [0.15, 0.2) is 0 Å². The van der Waals surface area contributed by atoms with Crippen LogP contribution in [0.25, 0.3) is 11.3 Å². The predicted molar refractivity (Wildman–Crippen MR) is 74.4 cm³/mol. The van der Waals surface area contributed by atoms with Gasteiger partial charge >= 0.3 is 5.69 Å². The van der Waals surface area contributed by atoms with Crippen molar-refractivity contribution in [2.75, 3.05) is 0 Å². The fraction of sp³-hybridized carbons (Fsp3) is 0.286. The minimum absolute atomic E-state index is 0.168. The Morgan fingerprint density at radius 2 is 2.29 bits per heavy atom. The molecule has 2 atom stereocenters. The van der Waals surface area contributed by atoms with E-state index in [0.717, 1.165) is 12.0 Å². The van der Waals surface area contributed by atoms with Crippen LogP contribution >= 0.6 is 0 Å². The van der Waals surface area contributed by atoms with Crippen molar-refractivity contribution in [3.05, 3.63) is 56.8 Å². The number of aromatic amines is 2. The SMILES string of the molecule is C/C(F)=C/[C@H]1C[C@@H]1c1cnnc(-c2c[nH]c(=O)[nH]c2=O)c1. The third-order valence-corrected chi connectivity index (χ3v) is 3.48. The molecule has 7 heteroatoms. The minimum atomic E-state index is -0.571. The van der Waals surface area contributed by atoms with E-state index >= 15 is 0 Å². The summed E-state index contributed by atoms with van der Waals surface area (Å²) in [4.78, 5) is 27.3. The van der Waals surface area contributed by atoms with E-state index in [0.29, 0.717) is 5.69 Å². The summed E-state index contributed by atoms with van der Waals surface area (Å²) in [5.41, 5.74) is 0.457. The van der Waals surface area contributed by atoms with Crippen molar-refractivity contribution < 1.29 is 4.39 Å². The highest BCUT2D eigenvalue weighted by atomic mass is 19.1. The Labute approximate surface area is 118 Å². The molecule has 21 heavy (non-hydrogen) atoms. The molecule has 0 saturated heterocycles. The van der Waals surface area contributed by atoms with E-state index in [-0.39, 0.29) is 23.2 Å². The molecule has 1 aliphatic rings. The molecule has 0 aromatic carbocycles. The van der Waals surface area contributed by atoms with Crippen molar-refractivity contribution in [1.82, 2.24) is 20.2 Å². The quantitative estimate of drug-likeness (QED) is 0.895. The lowest BCUT2D eigenvalue weighted by Gasteiger charge is -2.02. The maximum atomic E-state index is 12.9. The number of nitrogens with one attached hydrogen (secondary N) is 2. The molecule has 1 aliphatic carbocycles. The second kappa shape index (κ2) is 5.08. The van der Waals surface area contributed by atoms with Crippen LogP contribution in [-0.2, 0) is 0 Å². The maximum Gasteiger partial charge on any atom is 0.325 e. The van der Waals surface area contributed by atoms with E-state index in [2.05, 4.69) is 20.2 Å². The molecule has 0 amide bonds. The van der Waals surface area contributed by atoms with Gasteiger partial charge in [-0.05, 0) is 42.9 Å². The number of allylic oxidation sites excluding steroid dienone is 2. The zero-order valence-electron chi connectivity index (χ0n) is 11.3. The van der Waals surface area contributed by atoms with Gasteiger partial charge in [-0.3, -0.25) is 9.78 Å². The number of hydrogen-bond acceptors (Lipinski definition) is 4. The summed E-state index contributed by atoms with van der Waals surface area (Å²) < 4.78 is 12.9. The molecule has 0 spiro atoms. The zero-order chi connectivity index (χ0) is 15.0. The van der Waals surface area contributed by atoms with Crippen molar-refractivity contribution in [1.29, 1.82) is 0 Å². The molecule has 3 rings (SSSR count). The van der Waals surface area contributed by atoms with Crippen LogP contribution in [0.15, 0.2) is 40.0 Å². The van der Waals surface area contributed by atoms with Crippen LogP contribution in [0.4, 0.5) is 4.39 Å². The molecule has 2 heterocycles. The van der Waals surface area contributed by atoms with Crippen LogP contribution in [-0.4, -0.2) is 20.2 Å². The fourth-order valence-corrected chi connectivity index (χ4v) is 2.39. The van der Waals surface area contributed by atoms with Gasteiger partial charge in [0, 0.05) is 6.20 Å². The summed E-state index contributed by atoms with van der Waals surface area (Å²) in [6.45, 7) is 1.42. The molecule has 0 radical (unpaired) electrons. The first-order valence-electron chi connectivity index (χ1n) is 6.53. The van der Waals surface area contributed by atoms with Gasteiger partial charge in [0.1, 0.15) is 5.69 Å². The second-order valence-electron chi connectivity index (χ2n) is 5.12. The third kappa shape index (κ3) is 2.81. The molecule has 108 valence electrons. The summed E-state index contributed by atoms with van der Waals surface area (Å²) in [5.74, 6) is 0.175. The first kappa shape index (κ1) is 13.4. The summed E-state index contributed by atoms with van der Waals surface area (Å²) in [6.07, 6.45) is 5.38. The number of nitrogens with zero attached hydrogens (tertiary/aromatic N) is 2. The van der Waals surface area contributed by atoms with Crippen molar-refractivity contribution in [3.63, 3.8) is 0 Å². The van der Waals surface area contributed by atoms with Gasteiger partial charge in [-0.1, -0.05) is 0 Å². The number of H-pyrrole nitrogens is 2. The molecular weight excluding hydrogens is 275 g/mol. The normalized spacial score (nSPS) is 21.3. The van der Waals surface area contributed by atoms with E-state index in [9.17, 15) is 14.0 Å². The molecule has 1 fully saturated rings. The smallest absolute Gasteiger partial charge is 0.313 e. The van der Waals surface area contributed by atoms with Gasteiger partial charge in [-0.15, -0.1) is 0 Å². The largest absolute Gasteiger partial charge is 0.325 e. The number of aromatic nitrogens is 4. The molecule has 1 saturated carbocycles. The highest BCUT2D eigenvalue weighted by molar-refractivity contribution is 5.57. The first-order chi connectivity index (χ1) is 10.0. The zero-order valence-corrected chi connectivity index (χ0v) is 11.3. The third-order valence-electron chi connectivity index (χ3n) is 3.48. The van der Waals surface area contributed by atoms with Crippen LogP contribution in [0, 0.1) is 5.92 Å². The van der Waals surface area contributed by atoms with Gasteiger partial charge in [0.2, 0.25) is 0 Å².